The van der Waals surface area contributed by atoms with E-state index in [2.05, 4.69) is 22.1 Å². The lowest BCUT2D eigenvalue weighted by molar-refractivity contribution is 0.0600. The molecule has 0 radical (unpaired) electrons. The minimum Gasteiger partial charge on any atom is -0.465 e. The van der Waals surface area contributed by atoms with Crippen molar-refractivity contribution in [3.63, 3.8) is 0 Å². The summed E-state index contributed by atoms with van der Waals surface area (Å²) in [7, 11) is 1.39. The molecule has 5 heteroatoms. The second kappa shape index (κ2) is 5.82. The maximum Gasteiger partial charge on any atom is 0.338 e. The molecule has 0 aromatic carbocycles. The third-order valence-corrected chi connectivity index (χ3v) is 3.28. The van der Waals surface area contributed by atoms with Crippen molar-refractivity contribution >= 4 is 11.8 Å². The number of rotatable bonds is 4. The summed E-state index contributed by atoms with van der Waals surface area (Å²) < 4.78 is 4.73. The summed E-state index contributed by atoms with van der Waals surface area (Å²) in [6.07, 6.45) is 2.77. The van der Waals surface area contributed by atoms with Crippen LogP contribution in [0.25, 0.3) is 0 Å². The van der Waals surface area contributed by atoms with E-state index in [-0.39, 0.29) is 5.97 Å². The number of nitrogens with one attached hydrogen (secondary N) is 1. The number of aromatic nitrogens is 1. The number of hydrogen-bond donors (Lipinski definition) is 1. The van der Waals surface area contributed by atoms with Crippen LogP contribution in [0.4, 0.5) is 5.82 Å². The van der Waals surface area contributed by atoms with Crippen molar-refractivity contribution < 1.29 is 9.53 Å². The van der Waals surface area contributed by atoms with Gasteiger partial charge in [0, 0.05) is 25.3 Å². The minimum atomic E-state index is -0.320. The van der Waals surface area contributed by atoms with Gasteiger partial charge in [0.2, 0.25) is 0 Å². The van der Waals surface area contributed by atoms with Crippen molar-refractivity contribution in [1.82, 2.24) is 10.3 Å². The molecule has 98 valence electrons. The average Bonchev–Trinajstić information content (AvgIpc) is 2.93. The van der Waals surface area contributed by atoms with Crippen LogP contribution in [-0.4, -0.2) is 43.7 Å². The van der Waals surface area contributed by atoms with E-state index in [1.54, 1.807) is 18.3 Å². The monoisotopic (exact) mass is 249 g/mol. The predicted octanol–water partition coefficient (Wildman–Crippen LogP) is 1.06. The van der Waals surface area contributed by atoms with Crippen molar-refractivity contribution in [3.05, 3.63) is 23.9 Å². The number of carbonyl (C=O) groups is 1. The normalized spacial score (nSPS) is 18.7. The molecule has 1 unspecified atom stereocenters. The van der Waals surface area contributed by atoms with Crippen LogP contribution in [0.3, 0.4) is 0 Å². The highest BCUT2D eigenvalue weighted by Gasteiger charge is 2.22. The van der Waals surface area contributed by atoms with Crippen LogP contribution < -0.4 is 10.2 Å². The molecule has 1 aromatic heterocycles. The molecule has 0 bridgehead atoms. The van der Waals surface area contributed by atoms with Gasteiger partial charge >= 0.3 is 5.97 Å². The highest BCUT2D eigenvalue weighted by Crippen LogP contribution is 2.19. The molecule has 1 aliphatic rings. The first-order valence-electron chi connectivity index (χ1n) is 6.28. The Balaban J connectivity index is 2.22. The zero-order valence-electron chi connectivity index (χ0n) is 10.8. The number of anilines is 1. The zero-order valence-corrected chi connectivity index (χ0v) is 10.8. The lowest BCUT2D eigenvalue weighted by Crippen LogP contribution is -2.37. The number of likely N-dealkylation sites (N-methyl/N-ethyl adjacent to an activating group) is 1. The minimum absolute atomic E-state index is 0.320. The molecule has 2 rings (SSSR count). The quantitative estimate of drug-likeness (QED) is 0.809. The van der Waals surface area contributed by atoms with Gasteiger partial charge < -0.3 is 15.0 Å². The first-order chi connectivity index (χ1) is 8.76. The van der Waals surface area contributed by atoms with Gasteiger partial charge in [-0.25, -0.2) is 9.78 Å². The van der Waals surface area contributed by atoms with E-state index in [0.717, 1.165) is 31.9 Å². The van der Waals surface area contributed by atoms with Crippen molar-refractivity contribution in [2.75, 3.05) is 31.6 Å². The van der Waals surface area contributed by atoms with Gasteiger partial charge in [-0.3, -0.25) is 0 Å². The summed E-state index contributed by atoms with van der Waals surface area (Å²) in [5.41, 5.74) is 0.548. The maximum absolute atomic E-state index is 11.5. The second-order valence-corrected chi connectivity index (χ2v) is 4.33. The lowest BCUT2D eigenvalue weighted by atomic mass is 10.2. The molecular formula is C13H19N3O2. The maximum atomic E-state index is 11.5. The van der Waals surface area contributed by atoms with Crippen molar-refractivity contribution in [2.24, 2.45) is 0 Å². The van der Waals surface area contributed by atoms with E-state index in [1.807, 2.05) is 0 Å². The van der Waals surface area contributed by atoms with Crippen LogP contribution in [0.15, 0.2) is 18.3 Å². The van der Waals surface area contributed by atoms with Gasteiger partial charge in [-0.15, -0.1) is 0 Å². The zero-order chi connectivity index (χ0) is 13.0. The smallest absolute Gasteiger partial charge is 0.338 e. The molecule has 0 saturated carbocycles. The molecule has 18 heavy (non-hydrogen) atoms. The summed E-state index contributed by atoms with van der Waals surface area (Å²) in [5, 5.41) is 3.34. The molecule has 1 fully saturated rings. The highest BCUT2D eigenvalue weighted by molar-refractivity contribution is 5.90. The third-order valence-electron chi connectivity index (χ3n) is 3.28. The number of hydrogen-bond acceptors (Lipinski definition) is 5. The second-order valence-electron chi connectivity index (χ2n) is 4.33. The lowest BCUT2D eigenvalue weighted by Gasteiger charge is -2.28. The van der Waals surface area contributed by atoms with E-state index < -0.39 is 0 Å². The Morgan fingerprint density at radius 1 is 1.67 bits per heavy atom. The van der Waals surface area contributed by atoms with Gasteiger partial charge in [0.15, 0.2) is 0 Å². The molecule has 1 aromatic rings. The van der Waals surface area contributed by atoms with Crippen molar-refractivity contribution in [3.8, 4) is 0 Å². The summed E-state index contributed by atoms with van der Waals surface area (Å²) in [6, 6.07) is 3.93. The summed E-state index contributed by atoms with van der Waals surface area (Å²) in [6.45, 7) is 4.99. The van der Waals surface area contributed by atoms with Gasteiger partial charge in [-0.2, -0.15) is 0 Å². The Hall–Kier alpha value is -1.62. The highest BCUT2D eigenvalue weighted by atomic mass is 16.5. The Morgan fingerprint density at radius 3 is 3.11 bits per heavy atom. The molecule has 5 nitrogen and oxygen atoms in total. The van der Waals surface area contributed by atoms with E-state index in [4.69, 9.17) is 4.74 Å². The van der Waals surface area contributed by atoms with Gasteiger partial charge in [0.1, 0.15) is 5.82 Å². The fraction of sp³-hybridized carbons (Fsp3) is 0.538. The first kappa shape index (κ1) is 12.8. The molecule has 1 saturated heterocycles. The van der Waals surface area contributed by atoms with Crippen LogP contribution in [0, 0.1) is 0 Å². The van der Waals surface area contributed by atoms with Gasteiger partial charge in [0.25, 0.3) is 0 Å². The molecule has 2 heterocycles. The summed E-state index contributed by atoms with van der Waals surface area (Å²) in [5.74, 6) is 0.522. The largest absolute Gasteiger partial charge is 0.465 e. The first-order valence-corrected chi connectivity index (χ1v) is 6.28. The molecule has 1 atom stereocenters. The standard InChI is InChI=1S/C13H19N3O2/c1-3-16(11-5-6-14-9-11)12-8-10(4-7-15-12)13(17)18-2/h4,7-8,11,14H,3,5-6,9H2,1-2H3. The summed E-state index contributed by atoms with van der Waals surface area (Å²) in [4.78, 5) is 18.1. The number of ether oxygens (including phenoxy) is 1. The Labute approximate surface area is 107 Å². The summed E-state index contributed by atoms with van der Waals surface area (Å²) >= 11 is 0. The van der Waals surface area contributed by atoms with Gasteiger partial charge in [-0.1, -0.05) is 0 Å². The average molecular weight is 249 g/mol. The topological polar surface area (TPSA) is 54.5 Å². The van der Waals surface area contributed by atoms with E-state index in [9.17, 15) is 4.79 Å². The molecule has 0 amide bonds. The van der Waals surface area contributed by atoms with Gasteiger partial charge in [0.05, 0.1) is 12.7 Å². The third kappa shape index (κ3) is 2.61. The Bertz CT molecular complexity index is 416. The molecule has 0 aliphatic carbocycles. The van der Waals surface area contributed by atoms with Crippen molar-refractivity contribution in [1.29, 1.82) is 0 Å². The molecule has 1 N–H and O–H groups in total. The van der Waals surface area contributed by atoms with E-state index in [0.29, 0.717) is 11.6 Å². The van der Waals surface area contributed by atoms with Crippen LogP contribution in [-0.2, 0) is 4.74 Å². The van der Waals surface area contributed by atoms with Crippen LogP contribution >= 0.6 is 0 Å². The number of pyridine rings is 1. The number of methoxy groups -OCH3 is 1. The fourth-order valence-electron chi connectivity index (χ4n) is 2.33. The predicted molar refractivity (Wildman–Crippen MR) is 69.9 cm³/mol. The molecule has 0 spiro atoms. The SMILES string of the molecule is CCN(c1cc(C(=O)OC)ccn1)C1CCNC1. The number of esters is 1. The van der Waals surface area contributed by atoms with Crippen LogP contribution in [0.2, 0.25) is 0 Å². The number of nitrogens with zero attached hydrogens (tertiary/aromatic N) is 2. The van der Waals surface area contributed by atoms with E-state index in [1.165, 1.54) is 7.11 Å². The van der Waals surface area contributed by atoms with E-state index >= 15 is 0 Å². The number of carbonyl (C=O) groups excluding carboxylic acids is 1. The van der Waals surface area contributed by atoms with Crippen LogP contribution in [0.1, 0.15) is 23.7 Å². The van der Waals surface area contributed by atoms with Gasteiger partial charge in [-0.05, 0) is 32.0 Å². The Morgan fingerprint density at radius 2 is 2.50 bits per heavy atom. The van der Waals surface area contributed by atoms with Crippen LogP contribution in [0.5, 0.6) is 0 Å². The van der Waals surface area contributed by atoms with Crippen molar-refractivity contribution in [2.45, 2.75) is 19.4 Å². The Kier molecular flexibility index (Phi) is 4.15. The molecular weight excluding hydrogens is 230 g/mol. The fourth-order valence-corrected chi connectivity index (χ4v) is 2.33. The molecule has 1 aliphatic heterocycles.